The Kier molecular flexibility index (Phi) is 10.6. The van der Waals surface area contributed by atoms with Crippen LogP contribution in [0.1, 0.15) is 90.1 Å². The maximum Gasteiger partial charge on any atom is 0.270 e. The highest BCUT2D eigenvalue weighted by molar-refractivity contribution is 6.31. The Morgan fingerprint density at radius 3 is 2.20 bits per heavy atom. The van der Waals surface area contributed by atoms with E-state index in [1.54, 1.807) is 42.6 Å². The molecule has 1 aliphatic carbocycles. The van der Waals surface area contributed by atoms with Crippen LogP contribution in [0.2, 0.25) is 5.02 Å². The summed E-state index contributed by atoms with van der Waals surface area (Å²) in [5.74, 6) is -1.08. The molecule has 4 fully saturated rings. The number of anilines is 2. The SMILES string of the molecule is CC1(C)[C@H](NC(=O)c2ccc(N3CCN(CC4CCN(c5ccc6c(c5)C(=O)N(C5CCC(=O)NC5=O)C6=O)CC4)CC3)cn2)C(C)(C)[C@H]1Oc1ccc(C#N)c(Cl)c1. The second-order valence-corrected chi connectivity index (χ2v) is 18.0. The quantitative estimate of drug-likeness (QED) is 0.288. The third-order valence-corrected chi connectivity index (χ3v) is 13.4. The minimum atomic E-state index is -0.976. The van der Waals surface area contributed by atoms with Crippen molar-refractivity contribution in [1.82, 2.24) is 25.4 Å². The molecule has 3 aromatic rings. The Morgan fingerprint density at radius 2 is 1.56 bits per heavy atom. The van der Waals surface area contributed by atoms with Gasteiger partial charge in [0.1, 0.15) is 29.7 Å². The molecule has 1 unspecified atom stereocenters. The van der Waals surface area contributed by atoms with Crippen LogP contribution >= 0.6 is 11.6 Å². The second kappa shape index (κ2) is 15.6. The van der Waals surface area contributed by atoms with E-state index in [2.05, 4.69) is 64.1 Å². The lowest BCUT2D eigenvalue weighted by atomic mass is 9.49. The number of aromatic nitrogens is 1. The fourth-order valence-corrected chi connectivity index (χ4v) is 10.3. The number of nitrogens with one attached hydrogen (secondary N) is 2. The number of amides is 5. The number of halogens is 1. The van der Waals surface area contributed by atoms with Gasteiger partial charge in [0, 0.05) is 80.9 Å². The highest BCUT2D eigenvalue weighted by Gasteiger charge is 2.64. The molecule has 0 bridgehead atoms. The molecular formula is C44H49ClN8O6. The van der Waals surface area contributed by atoms with Crippen molar-refractivity contribution < 1.29 is 28.7 Å². The first kappa shape index (κ1) is 40.3. The van der Waals surface area contributed by atoms with Gasteiger partial charge in [-0.05, 0) is 67.6 Å². The van der Waals surface area contributed by atoms with E-state index < -0.39 is 29.7 Å². The van der Waals surface area contributed by atoms with E-state index in [1.165, 1.54) is 0 Å². The van der Waals surface area contributed by atoms with E-state index in [1.807, 2.05) is 12.1 Å². The van der Waals surface area contributed by atoms with Crippen LogP contribution in [0.3, 0.4) is 0 Å². The molecule has 2 N–H and O–H groups in total. The first-order valence-corrected chi connectivity index (χ1v) is 20.7. The topological polar surface area (TPSA) is 168 Å². The maximum atomic E-state index is 13.4. The largest absolute Gasteiger partial charge is 0.489 e. The van der Waals surface area contributed by atoms with Crippen molar-refractivity contribution >= 4 is 52.5 Å². The Balaban J connectivity index is 0.789. The minimum absolute atomic E-state index is 0.0889. The lowest BCUT2D eigenvalue weighted by Gasteiger charge is -2.63. The number of carbonyl (C=O) groups excluding carboxylic acids is 5. The van der Waals surface area contributed by atoms with Crippen LogP contribution in [-0.2, 0) is 9.59 Å². The smallest absolute Gasteiger partial charge is 0.270 e. The van der Waals surface area contributed by atoms with Gasteiger partial charge in [0.2, 0.25) is 11.8 Å². The number of fused-ring (bicyclic) bond motifs is 1. The summed E-state index contributed by atoms with van der Waals surface area (Å²) < 4.78 is 6.37. The fraction of sp³-hybridized carbons (Fsp3) is 0.477. The zero-order chi connectivity index (χ0) is 41.8. The molecule has 5 amide bonds. The van der Waals surface area contributed by atoms with Crippen LogP contribution in [0.25, 0.3) is 0 Å². The molecule has 59 heavy (non-hydrogen) atoms. The van der Waals surface area contributed by atoms with Gasteiger partial charge in [-0.15, -0.1) is 0 Å². The number of piperazine rings is 1. The normalized spacial score (nSPS) is 24.3. The van der Waals surface area contributed by atoms with Gasteiger partial charge < -0.3 is 19.9 Å². The number of nitriles is 1. The number of hydrogen-bond acceptors (Lipinski definition) is 11. The summed E-state index contributed by atoms with van der Waals surface area (Å²) in [6, 6.07) is 15.1. The molecular weight excluding hydrogens is 772 g/mol. The van der Waals surface area contributed by atoms with Gasteiger partial charge in [0.05, 0.1) is 33.6 Å². The first-order chi connectivity index (χ1) is 28.1. The van der Waals surface area contributed by atoms with E-state index in [4.69, 9.17) is 16.3 Å². The third kappa shape index (κ3) is 7.51. The Bertz CT molecular complexity index is 2220. The maximum absolute atomic E-state index is 13.4. The van der Waals surface area contributed by atoms with Crippen LogP contribution in [-0.4, -0.2) is 108 Å². The van der Waals surface area contributed by atoms with Crippen LogP contribution in [0, 0.1) is 28.1 Å². The van der Waals surface area contributed by atoms with E-state index in [0.717, 1.165) is 74.9 Å². The van der Waals surface area contributed by atoms with Gasteiger partial charge >= 0.3 is 0 Å². The minimum Gasteiger partial charge on any atom is -0.489 e. The van der Waals surface area contributed by atoms with Gasteiger partial charge in [-0.3, -0.25) is 39.1 Å². The molecule has 14 nitrogen and oxygen atoms in total. The molecule has 3 saturated heterocycles. The summed E-state index contributed by atoms with van der Waals surface area (Å²) >= 11 is 6.25. The van der Waals surface area contributed by atoms with Crippen LogP contribution < -0.4 is 25.2 Å². The van der Waals surface area contributed by atoms with Crippen LogP contribution in [0.5, 0.6) is 5.75 Å². The number of benzene rings is 2. The molecule has 0 spiro atoms. The van der Waals surface area contributed by atoms with Gasteiger partial charge in [0.15, 0.2) is 0 Å². The molecule has 8 rings (SSSR count). The predicted octanol–water partition coefficient (Wildman–Crippen LogP) is 4.66. The van der Waals surface area contributed by atoms with E-state index in [-0.39, 0.29) is 41.7 Å². The highest BCUT2D eigenvalue weighted by atomic mass is 35.5. The lowest BCUT2D eigenvalue weighted by Crippen LogP contribution is -2.74. The predicted molar refractivity (Wildman–Crippen MR) is 220 cm³/mol. The van der Waals surface area contributed by atoms with Crippen molar-refractivity contribution in [3.8, 4) is 11.8 Å². The molecule has 5 aliphatic rings. The Morgan fingerprint density at radius 1 is 0.881 bits per heavy atom. The van der Waals surface area contributed by atoms with Gasteiger partial charge in [-0.25, -0.2) is 4.98 Å². The standard InChI is InChI=1S/C44H49ClN8O6/c1-43(2)41(44(3,4)42(43)59-30-8-5-27(23-46)33(45)22-30)49-37(55)34-10-7-29(24-47-34)52-19-17-50(18-20-52)25-26-13-15-51(16-14-26)28-6-9-31-32(21-28)40(58)53(39(31)57)35-11-12-36(54)48-38(35)56/h5-10,21-22,24,26,35,41-42H,11-20,25H2,1-4H3,(H,49,55)(H,48,54,56)/t35?,41-,42-. The molecule has 0 radical (unpaired) electrons. The fourth-order valence-electron chi connectivity index (χ4n) is 10.1. The zero-order valence-corrected chi connectivity index (χ0v) is 34.6. The number of pyridine rings is 1. The molecule has 1 saturated carbocycles. The van der Waals surface area contributed by atoms with E-state index in [0.29, 0.717) is 39.1 Å². The molecule has 5 heterocycles. The summed E-state index contributed by atoms with van der Waals surface area (Å²) in [5, 5.41) is 15.0. The monoisotopic (exact) mass is 820 g/mol. The molecule has 4 aliphatic heterocycles. The number of ether oxygens (including phenoxy) is 1. The number of carbonyl (C=O) groups is 5. The summed E-state index contributed by atoms with van der Waals surface area (Å²) in [4.78, 5) is 76.6. The van der Waals surface area contributed by atoms with Gasteiger partial charge in [0.25, 0.3) is 17.7 Å². The summed E-state index contributed by atoms with van der Waals surface area (Å²) in [7, 11) is 0. The Hall–Kier alpha value is -5.52. The van der Waals surface area contributed by atoms with Crippen molar-refractivity contribution in [3.63, 3.8) is 0 Å². The van der Waals surface area contributed by atoms with Crippen molar-refractivity contribution in [3.05, 3.63) is 82.1 Å². The van der Waals surface area contributed by atoms with E-state index >= 15 is 0 Å². The summed E-state index contributed by atoms with van der Waals surface area (Å²) in [5.41, 5.74) is 2.47. The summed E-state index contributed by atoms with van der Waals surface area (Å²) in [6.45, 7) is 14.6. The average Bonchev–Trinajstić information content (AvgIpc) is 3.47. The molecule has 15 heteroatoms. The van der Waals surface area contributed by atoms with Crippen molar-refractivity contribution in [2.24, 2.45) is 16.7 Å². The number of rotatable bonds is 9. The van der Waals surface area contributed by atoms with Crippen molar-refractivity contribution in [2.45, 2.75) is 71.6 Å². The van der Waals surface area contributed by atoms with Gasteiger partial charge in [-0.1, -0.05) is 39.3 Å². The molecule has 2 aromatic carbocycles. The lowest BCUT2D eigenvalue weighted by molar-refractivity contribution is -0.164. The Labute approximate surface area is 348 Å². The highest BCUT2D eigenvalue weighted by Crippen LogP contribution is 2.55. The molecule has 1 atom stereocenters. The average molecular weight is 821 g/mol. The van der Waals surface area contributed by atoms with Crippen LogP contribution in [0.4, 0.5) is 11.4 Å². The van der Waals surface area contributed by atoms with Crippen molar-refractivity contribution in [1.29, 1.82) is 5.26 Å². The first-order valence-electron chi connectivity index (χ1n) is 20.4. The van der Waals surface area contributed by atoms with E-state index in [9.17, 15) is 29.2 Å². The van der Waals surface area contributed by atoms with Crippen molar-refractivity contribution in [2.75, 3.05) is 55.6 Å². The summed E-state index contributed by atoms with van der Waals surface area (Å²) in [6.07, 6.45) is 3.82. The van der Waals surface area contributed by atoms with Gasteiger partial charge in [-0.2, -0.15) is 5.26 Å². The second-order valence-electron chi connectivity index (χ2n) is 17.6. The third-order valence-electron chi connectivity index (χ3n) is 13.1. The molecule has 1 aromatic heterocycles. The van der Waals surface area contributed by atoms with Crippen LogP contribution in [0.15, 0.2) is 54.7 Å². The number of imide groups is 2. The molecule has 308 valence electrons. The number of nitrogens with zero attached hydrogens (tertiary/aromatic N) is 6. The number of hydrogen-bond donors (Lipinski definition) is 2. The zero-order valence-electron chi connectivity index (χ0n) is 33.8. The number of piperidine rings is 2.